The third-order valence-electron chi connectivity index (χ3n) is 2.77. The Hall–Kier alpha value is -2.83. The van der Waals surface area contributed by atoms with Crippen molar-refractivity contribution in [2.45, 2.75) is 0 Å². The number of methoxy groups -OCH3 is 2. The summed E-state index contributed by atoms with van der Waals surface area (Å²) in [5.74, 6) is 1.76. The quantitative estimate of drug-likeness (QED) is 0.781. The Morgan fingerprint density at radius 2 is 1.95 bits per heavy atom. The lowest BCUT2D eigenvalue weighted by molar-refractivity contribution is 0.390. The van der Waals surface area contributed by atoms with Gasteiger partial charge in [-0.25, -0.2) is 0 Å². The molecule has 0 unspecified atom stereocenters. The fourth-order valence-corrected chi connectivity index (χ4v) is 1.79. The van der Waals surface area contributed by atoms with Crippen LogP contribution in [-0.4, -0.2) is 34.0 Å². The highest BCUT2D eigenvalue weighted by Gasteiger charge is 2.08. The molecule has 102 valence electrons. The largest absolute Gasteiger partial charge is 0.497 e. The van der Waals surface area contributed by atoms with Crippen LogP contribution in [0.4, 0.5) is 11.6 Å². The van der Waals surface area contributed by atoms with Gasteiger partial charge >= 0.3 is 0 Å². The molecule has 3 aromatic rings. The number of anilines is 2. The molecule has 1 aromatic carbocycles. The van der Waals surface area contributed by atoms with Crippen LogP contribution in [0.1, 0.15) is 0 Å². The summed E-state index contributed by atoms with van der Waals surface area (Å²) >= 11 is 0. The number of ether oxygens (including phenoxy) is 2. The third kappa shape index (κ3) is 2.20. The summed E-state index contributed by atoms with van der Waals surface area (Å²) < 4.78 is 11.9. The first-order chi connectivity index (χ1) is 9.80. The maximum Gasteiger partial charge on any atom is 0.250 e. The normalized spacial score (nSPS) is 10.5. The molecule has 0 aliphatic heterocycles. The third-order valence-corrected chi connectivity index (χ3v) is 2.77. The number of fused-ring (bicyclic) bond motifs is 1. The molecular weight excluding hydrogens is 258 g/mol. The van der Waals surface area contributed by atoms with Crippen LogP contribution in [0.3, 0.4) is 0 Å². The van der Waals surface area contributed by atoms with Crippen molar-refractivity contribution in [2.24, 2.45) is 0 Å². The van der Waals surface area contributed by atoms with E-state index in [9.17, 15) is 0 Å². The molecule has 0 atom stereocenters. The maximum atomic E-state index is 5.18. The minimum absolute atomic E-state index is 0.492. The second-order valence-corrected chi connectivity index (χ2v) is 4.03. The van der Waals surface area contributed by atoms with Crippen LogP contribution in [-0.2, 0) is 0 Å². The standard InChI is InChI=1S/C13H13N5O2/c1-19-10-5-3-4-9(8-10)14-13-16-15-11-6-7-12(20-2)17-18(11)13/h3-8H,1-2H3,(H,14,16). The zero-order valence-electron chi connectivity index (χ0n) is 11.1. The summed E-state index contributed by atoms with van der Waals surface area (Å²) in [6, 6.07) is 11.0. The highest BCUT2D eigenvalue weighted by Crippen LogP contribution is 2.20. The van der Waals surface area contributed by atoms with E-state index in [0.717, 1.165) is 11.4 Å². The first kappa shape index (κ1) is 12.2. The van der Waals surface area contributed by atoms with Gasteiger partial charge in [-0.2, -0.15) is 4.52 Å². The number of nitrogens with one attached hydrogen (secondary N) is 1. The van der Waals surface area contributed by atoms with E-state index in [1.54, 1.807) is 30.9 Å². The number of aromatic nitrogens is 4. The summed E-state index contributed by atoms with van der Waals surface area (Å²) in [6.07, 6.45) is 0. The Balaban J connectivity index is 1.97. The van der Waals surface area contributed by atoms with E-state index >= 15 is 0 Å². The number of nitrogens with zero attached hydrogens (tertiary/aromatic N) is 4. The van der Waals surface area contributed by atoms with Gasteiger partial charge in [0.25, 0.3) is 5.95 Å². The van der Waals surface area contributed by atoms with Crippen molar-refractivity contribution in [3.8, 4) is 11.6 Å². The van der Waals surface area contributed by atoms with Gasteiger partial charge in [-0.3, -0.25) is 0 Å². The lowest BCUT2D eigenvalue weighted by atomic mass is 10.3. The van der Waals surface area contributed by atoms with Crippen molar-refractivity contribution in [3.05, 3.63) is 36.4 Å². The van der Waals surface area contributed by atoms with Crippen molar-refractivity contribution in [2.75, 3.05) is 19.5 Å². The summed E-state index contributed by atoms with van der Waals surface area (Å²) in [4.78, 5) is 0. The fraction of sp³-hybridized carbons (Fsp3) is 0.154. The van der Waals surface area contributed by atoms with E-state index in [0.29, 0.717) is 17.5 Å². The van der Waals surface area contributed by atoms with Gasteiger partial charge in [-0.05, 0) is 18.2 Å². The predicted octanol–water partition coefficient (Wildman–Crippen LogP) is 1.89. The molecule has 0 saturated heterocycles. The second-order valence-electron chi connectivity index (χ2n) is 4.03. The summed E-state index contributed by atoms with van der Waals surface area (Å²) in [5.41, 5.74) is 1.47. The zero-order chi connectivity index (χ0) is 13.9. The van der Waals surface area contributed by atoms with Crippen LogP contribution in [0.25, 0.3) is 5.65 Å². The SMILES string of the molecule is COc1cccc(Nc2nnc3ccc(OC)nn23)c1. The van der Waals surface area contributed by atoms with Gasteiger partial charge in [-0.1, -0.05) is 6.07 Å². The Labute approximate surface area is 115 Å². The molecule has 0 bridgehead atoms. The van der Waals surface area contributed by atoms with E-state index < -0.39 is 0 Å². The molecule has 0 spiro atoms. The molecular formula is C13H13N5O2. The van der Waals surface area contributed by atoms with E-state index in [1.165, 1.54) is 0 Å². The summed E-state index contributed by atoms with van der Waals surface area (Å²) in [5, 5.41) is 15.5. The average molecular weight is 271 g/mol. The molecule has 2 aromatic heterocycles. The van der Waals surface area contributed by atoms with Crippen molar-refractivity contribution in [1.29, 1.82) is 0 Å². The molecule has 1 N–H and O–H groups in total. The molecule has 7 nitrogen and oxygen atoms in total. The highest BCUT2D eigenvalue weighted by atomic mass is 16.5. The number of rotatable bonds is 4. The van der Waals surface area contributed by atoms with Crippen LogP contribution < -0.4 is 14.8 Å². The molecule has 2 heterocycles. The lowest BCUT2D eigenvalue weighted by Crippen LogP contribution is -2.01. The predicted molar refractivity (Wildman–Crippen MR) is 73.6 cm³/mol. The minimum Gasteiger partial charge on any atom is -0.497 e. The Kier molecular flexibility index (Phi) is 3.08. The molecule has 0 fully saturated rings. The molecule has 0 amide bonds. The molecule has 0 aliphatic rings. The van der Waals surface area contributed by atoms with E-state index in [-0.39, 0.29) is 0 Å². The molecule has 0 saturated carbocycles. The van der Waals surface area contributed by atoms with Gasteiger partial charge < -0.3 is 14.8 Å². The van der Waals surface area contributed by atoms with Crippen LogP contribution >= 0.6 is 0 Å². The van der Waals surface area contributed by atoms with Gasteiger partial charge in [-0.15, -0.1) is 15.3 Å². The first-order valence-electron chi connectivity index (χ1n) is 5.97. The van der Waals surface area contributed by atoms with Crippen molar-refractivity contribution >= 4 is 17.3 Å². The fourth-order valence-electron chi connectivity index (χ4n) is 1.79. The molecule has 0 aliphatic carbocycles. The molecule has 7 heteroatoms. The van der Waals surface area contributed by atoms with Gasteiger partial charge in [0.2, 0.25) is 5.88 Å². The molecule has 0 radical (unpaired) electrons. The van der Waals surface area contributed by atoms with E-state index in [1.807, 2.05) is 24.3 Å². The summed E-state index contributed by atoms with van der Waals surface area (Å²) in [7, 11) is 3.19. The minimum atomic E-state index is 0.492. The van der Waals surface area contributed by atoms with E-state index in [2.05, 4.69) is 20.6 Å². The Morgan fingerprint density at radius 3 is 2.75 bits per heavy atom. The second kappa shape index (κ2) is 5.04. The van der Waals surface area contributed by atoms with Crippen molar-refractivity contribution < 1.29 is 9.47 Å². The van der Waals surface area contributed by atoms with Crippen LogP contribution in [0.2, 0.25) is 0 Å². The number of benzene rings is 1. The lowest BCUT2D eigenvalue weighted by Gasteiger charge is -2.06. The van der Waals surface area contributed by atoms with Crippen LogP contribution in [0, 0.1) is 0 Å². The Morgan fingerprint density at radius 1 is 1.05 bits per heavy atom. The van der Waals surface area contributed by atoms with Gasteiger partial charge in [0.05, 0.1) is 14.2 Å². The topological polar surface area (TPSA) is 73.6 Å². The number of hydrogen-bond acceptors (Lipinski definition) is 6. The number of hydrogen-bond donors (Lipinski definition) is 1. The molecule has 3 rings (SSSR count). The molecule has 20 heavy (non-hydrogen) atoms. The van der Waals surface area contributed by atoms with Gasteiger partial charge in [0.15, 0.2) is 5.65 Å². The van der Waals surface area contributed by atoms with Crippen LogP contribution in [0.5, 0.6) is 11.6 Å². The van der Waals surface area contributed by atoms with E-state index in [4.69, 9.17) is 9.47 Å². The highest BCUT2D eigenvalue weighted by molar-refractivity contribution is 5.58. The van der Waals surface area contributed by atoms with Gasteiger partial charge in [0.1, 0.15) is 5.75 Å². The monoisotopic (exact) mass is 271 g/mol. The van der Waals surface area contributed by atoms with Crippen LogP contribution in [0.15, 0.2) is 36.4 Å². The van der Waals surface area contributed by atoms with Crippen molar-refractivity contribution in [1.82, 2.24) is 19.8 Å². The van der Waals surface area contributed by atoms with Gasteiger partial charge in [0, 0.05) is 17.8 Å². The Bertz CT molecular complexity index is 740. The average Bonchev–Trinajstić information content (AvgIpc) is 2.89. The van der Waals surface area contributed by atoms with Crippen molar-refractivity contribution in [3.63, 3.8) is 0 Å². The smallest absolute Gasteiger partial charge is 0.250 e. The summed E-state index contributed by atoms with van der Waals surface area (Å²) in [6.45, 7) is 0. The first-order valence-corrected chi connectivity index (χ1v) is 5.97. The zero-order valence-corrected chi connectivity index (χ0v) is 11.1. The maximum absolute atomic E-state index is 5.18.